The maximum absolute atomic E-state index is 13.4. The van der Waals surface area contributed by atoms with Gasteiger partial charge in [0.1, 0.15) is 5.75 Å². The van der Waals surface area contributed by atoms with Gasteiger partial charge in [-0.15, -0.1) is 0 Å². The normalized spacial score (nSPS) is 14.3. The van der Waals surface area contributed by atoms with Crippen LogP contribution in [0.2, 0.25) is 0 Å². The lowest BCUT2D eigenvalue weighted by Crippen LogP contribution is -2.23. The van der Waals surface area contributed by atoms with E-state index >= 15 is 0 Å². The van der Waals surface area contributed by atoms with Gasteiger partial charge in [-0.3, -0.25) is 0 Å². The highest BCUT2D eigenvalue weighted by molar-refractivity contribution is 5.59. The molecule has 0 aliphatic carbocycles. The second-order valence-corrected chi connectivity index (χ2v) is 4.88. The number of fused-ring (bicyclic) bond motifs is 1. The Morgan fingerprint density at radius 1 is 1.20 bits per heavy atom. The summed E-state index contributed by atoms with van der Waals surface area (Å²) in [5.41, 5.74) is 1.86. The third-order valence-corrected chi connectivity index (χ3v) is 3.42. The van der Waals surface area contributed by atoms with E-state index < -0.39 is 5.82 Å². The number of benzene rings is 2. The molecule has 1 aliphatic heterocycles. The van der Waals surface area contributed by atoms with E-state index in [1.54, 1.807) is 6.07 Å². The smallest absolute Gasteiger partial charge is 0.165 e. The molecule has 0 amide bonds. The average Bonchev–Trinajstić information content (AvgIpc) is 2.66. The van der Waals surface area contributed by atoms with Crippen LogP contribution in [0.3, 0.4) is 0 Å². The number of hydrogen-bond acceptors (Lipinski definition) is 3. The molecule has 0 atom stereocenters. The monoisotopic (exact) mass is 273 g/mol. The van der Waals surface area contributed by atoms with Gasteiger partial charge in [-0.1, -0.05) is 18.2 Å². The van der Waals surface area contributed by atoms with Crippen molar-refractivity contribution in [3.63, 3.8) is 0 Å². The number of aromatic hydroxyl groups is 1. The van der Waals surface area contributed by atoms with Gasteiger partial charge in [0.05, 0.1) is 12.3 Å². The third-order valence-electron chi connectivity index (χ3n) is 3.42. The van der Waals surface area contributed by atoms with Crippen LogP contribution in [0.15, 0.2) is 42.5 Å². The molecule has 4 heteroatoms. The molecule has 1 N–H and O–H groups in total. The summed E-state index contributed by atoms with van der Waals surface area (Å²) in [4.78, 5) is 2.17. The van der Waals surface area contributed by atoms with Crippen molar-refractivity contribution in [1.82, 2.24) is 0 Å². The number of ether oxygens (including phenoxy) is 1. The van der Waals surface area contributed by atoms with Crippen molar-refractivity contribution in [2.45, 2.75) is 13.0 Å². The molecule has 1 aliphatic rings. The van der Waals surface area contributed by atoms with Crippen LogP contribution >= 0.6 is 0 Å². The number of para-hydroxylation sites is 2. The first-order valence-corrected chi connectivity index (χ1v) is 6.68. The number of nitrogens with zero attached hydrogens (tertiary/aromatic N) is 1. The van der Waals surface area contributed by atoms with Crippen molar-refractivity contribution in [3.8, 4) is 11.5 Å². The van der Waals surface area contributed by atoms with Crippen molar-refractivity contribution in [2.75, 3.05) is 18.1 Å². The van der Waals surface area contributed by atoms with Gasteiger partial charge in [-0.05, 0) is 36.2 Å². The van der Waals surface area contributed by atoms with Crippen LogP contribution in [-0.2, 0) is 6.54 Å². The lowest BCUT2D eigenvalue weighted by Gasteiger charge is -2.23. The molecule has 2 aromatic carbocycles. The number of anilines is 1. The lowest BCUT2D eigenvalue weighted by molar-refractivity contribution is 0.322. The van der Waals surface area contributed by atoms with Gasteiger partial charge in [0.2, 0.25) is 0 Å². The minimum Gasteiger partial charge on any atom is -0.505 e. The lowest BCUT2D eigenvalue weighted by atomic mass is 10.1. The molecular weight excluding hydrogens is 257 g/mol. The Morgan fingerprint density at radius 3 is 2.90 bits per heavy atom. The zero-order valence-corrected chi connectivity index (χ0v) is 11.1. The first kappa shape index (κ1) is 12.8. The topological polar surface area (TPSA) is 32.7 Å². The summed E-state index contributed by atoms with van der Waals surface area (Å²) in [7, 11) is 0. The Morgan fingerprint density at radius 2 is 2.05 bits per heavy atom. The van der Waals surface area contributed by atoms with Gasteiger partial charge < -0.3 is 14.7 Å². The van der Waals surface area contributed by atoms with Crippen molar-refractivity contribution in [2.24, 2.45) is 0 Å². The molecular formula is C16H16FNO2. The van der Waals surface area contributed by atoms with Crippen LogP contribution in [0.4, 0.5) is 10.1 Å². The van der Waals surface area contributed by atoms with Crippen LogP contribution in [0.5, 0.6) is 11.5 Å². The Hall–Kier alpha value is -2.23. The number of rotatable bonds is 2. The van der Waals surface area contributed by atoms with E-state index in [4.69, 9.17) is 4.74 Å². The predicted octanol–water partition coefficient (Wildman–Crippen LogP) is 3.32. The second-order valence-electron chi connectivity index (χ2n) is 4.88. The Kier molecular flexibility index (Phi) is 3.46. The largest absolute Gasteiger partial charge is 0.505 e. The Balaban J connectivity index is 1.88. The summed E-state index contributed by atoms with van der Waals surface area (Å²) in [6.45, 7) is 2.15. The summed E-state index contributed by atoms with van der Waals surface area (Å²) in [6.07, 6.45) is 0.926. The highest BCUT2D eigenvalue weighted by atomic mass is 19.1. The average molecular weight is 273 g/mol. The SMILES string of the molecule is Oc1ccc(CN2CCCOc3ccccc32)cc1F. The predicted molar refractivity (Wildman–Crippen MR) is 75.7 cm³/mol. The molecule has 0 unspecified atom stereocenters. The van der Waals surface area contributed by atoms with E-state index in [1.165, 1.54) is 12.1 Å². The fourth-order valence-electron chi connectivity index (χ4n) is 2.43. The standard InChI is InChI=1S/C16H16FNO2/c17-13-10-12(6-7-15(13)19)11-18-8-3-9-20-16-5-2-1-4-14(16)18/h1-2,4-7,10,19H,3,8-9,11H2. The summed E-state index contributed by atoms with van der Waals surface area (Å²) >= 11 is 0. The molecule has 0 spiro atoms. The summed E-state index contributed by atoms with van der Waals surface area (Å²) in [5, 5.41) is 9.24. The Bertz CT molecular complexity index is 615. The summed E-state index contributed by atoms with van der Waals surface area (Å²) < 4.78 is 19.1. The van der Waals surface area contributed by atoms with Crippen LogP contribution < -0.4 is 9.64 Å². The molecule has 3 nitrogen and oxygen atoms in total. The molecule has 0 bridgehead atoms. The fraction of sp³-hybridized carbons (Fsp3) is 0.250. The van der Waals surface area contributed by atoms with Gasteiger partial charge in [0.15, 0.2) is 11.6 Å². The second kappa shape index (κ2) is 5.41. The number of phenolic OH excluding ortho intramolecular Hbond substituents is 1. The first-order valence-electron chi connectivity index (χ1n) is 6.68. The molecule has 2 aromatic rings. The van der Waals surface area contributed by atoms with E-state index in [0.717, 1.165) is 30.0 Å². The molecule has 0 saturated heterocycles. The van der Waals surface area contributed by atoms with Crippen molar-refractivity contribution >= 4 is 5.69 Å². The zero-order valence-electron chi connectivity index (χ0n) is 11.1. The molecule has 104 valence electrons. The van der Waals surface area contributed by atoms with Crippen LogP contribution in [0.25, 0.3) is 0 Å². The molecule has 0 fully saturated rings. The molecule has 0 aromatic heterocycles. The minimum atomic E-state index is -0.582. The van der Waals surface area contributed by atoms with Crippen LogP contribution in [0, 0.1) is 5.82 Å². The minimum absolute atomic E-state index is 0.312. The fourth-order valence-corrected chi connectivity index (χ4v) is 2.43. The highest BCUT2D eigenvalue weighted by Crippen LogP contribution is 2.31. The quantitative estimate of drug-likeness (QED) is 0.911. The molecule has 3 rings (SSSR count). The molecule has 0 saturated carbocycles. The molecule has 0 radical (unpaired) electrons. The molecule has 20 heavy (non-hydrogen) atoms. The van der Waals surface area contributed by atoms with E-state index in [9.17, 15) is 9.50 Å². The van der Waals surface area contributed by atoms with E-state index in [1.807, 2.05) is 24.3 Å². The zero-order chi connectivity index (χ0) is 13.9. The van der Waals surface area contributed by atoms with Gasteiger partial charge in [-0.25, -0.2) is 4.39 Å². The first-order chi connectivity index (χ1) is 9.74. The maximum atomic E-state index is 13.4. The molecule has 1 heterocycles. The van der Waals surface area contributed by atoms with Crippen molar-refractivity contribution in [3.05, 3.63) is 53.8 Å². The van der Waals surface area contributed by atoms with E-state index in [2.05, 4.69) is 4.90 Å². The van der Waals surface area contributed by atoms with Gasteiger partial charge in [-0.2, -0.15) is 0 Å². The Labute approximate surface area is 117 Å². The van der Waals surface area contributed by atoms with E-state index in [0.29, 0.717) is 13.2 Å². The summed E-state index contributed by atoms with van der Waals surface area (Å²) in [6, 6.07) is 12.4. The van der Waals surface area contributed by atoms with Gasteiger partial charge >= 0.3 is 0 Å². The number of hydrogen-bond donors (Lipinski definition) is 1. The van der Waals surface area contributed by atoms with Gasteiger partial charge in [0, 0.05) is 13.1 Å². The maximum Gasteiger partial charge on any atom is 0.165 e. The number of phenols is 1. The van der Waals surface area contributed by atoms with Crippen molar-refractivity contribution < 1.29 is 14.2 Å². The number of halogens is 1. The highest BCUT2D eigenvalue weighted by Gasteiger charge is 2.16. The van der Waals surface area contributed by atoms with E-state index in [-0.39, 0.29) is 5.75 Å². The summed E-state index contributed by atoms with van der Waals surface area (Å²) in [5.74, 6) is -0.0283. The van der Waals surface area contributed by atoms with Crippen molar-refractivity contribution in [1.29, 1.82) is 0 Å². The van der Waals surface area contributed by atoms with Crippen LogP contribution in [0.1, 0.15) is 12.0 Å². The van der Waals surface area contributed by atoms with Gasteiger partial charge in [0.25, 0.3) is 0 Å². The third kappa shape index (κ3) is 2.54. The van der Waals surface area contributed by atoms with Crippen LogP contribution in [-0.4, -0.2) is 18.3 Å².